The van der Waals surface area contributed by atoms with Gasteiger partial charge in [-0.15, -0.1) is 0 Å². The highest BCUT2D eigenvalue weighted by atomic mass is 19.1. The van der Waals surface area contributed by atoms with E-state index in [0.29, 0.717) is 25.1 Å². The van der Waals surface area contributed by atoms with E-state index in [1.807, 2.05) is 0 Å². The second-order valence-corrected chi connectivity index (χ2v) is 5.87. The number of benzene rings is 1. The Labute approximate surface area is 140 Å². The summed E-state index contributed by atoms with van der Waals surface area (Å²) in [6.45, 7) is 1.69. The summed E-state index contributed by atoms with van der Waals surface area (Å²) in [6.07, 6.45) is 2.23. The van der Waals surface area contributed by atoms with Crippen molar-refractivity contribution < 1.29 is 23.8 Å². The lowest BCUT2D eigenvalue weighted by Gasteiger charge is -2.26. The number of carbonyl (C=O) groups excluding carboxylic acids is 1. The highest BCUT2D eigenvalue weighted by Crippen LogP contribution is 2.15. The number of halogens is 1. The average Bonchev–Trinajstić information content (AvgIpc) is 3.03. The van der Waals surface area contributed by atoms with Gasteiger partial charge in [-0.25, -0.2) is 9.18 Å². The predicted molar refractivity (Wildman–Crippen MR) is 86.1 cm³/mol. The van der Waals surface area contributed by atoms with Gasteiger partial charge in [0.25, 0.3) is 0 Å². The fourth-order valence-electron chi connectivity index (χ4n) is 2.66. The molecular formula is C17H23FN2O4. The van der Waals surface area contributed by atoms with Crippen molar-refractivity contribution in [2.45, 2.75) is 38.3 Å². The number of nitrogens with one attached hydrogen (secondary N) is 1. The van der Waals surface area contributed by atoms with Gasteiger partial charge in [-0.1, -0.05) is 12.1 Å². The Morgan fingerprint density at radius 2 is 2.25 bits per heavy atom. The highest BCUT2D eigenvalue weighted by molar-refractivity contribution is 5.74. The molecule has 1 unspecified atom stereocenters. The molecule has 2 rings (SSSR count). The van der Waals surface area contributed by atoms with Crippen LogP contribution in [0, 0.1) is 5.82 Å². The van der Waals surface area contributed by atoms with Gasteiger partial charge >= 0.3 is 12.0 Å². The minimum Gasteiger partial charge on any atom is -0.481 e. The number of hydrogen-bond donors (Lipinski definition) is 2. The van der Waals surface area contributed by atoms with E-state index in [2.05, 4.69) is 5.32 Å². The molecule has 2 N–H and O–H groups in total. The Bertz CT molecular complexity index is 561. The topological polar surface area (TPSA) is 78.9 Å². The molecule has 0 radical (unpaired) electrons. The van der Waals surface area contributed by atoms with Gasteiger partial charge in [-0.2, -0.15) is 0 Å². The molecule has 0 spiro atoms. The lowest BCUT2D eigenvalue weighted by atomic mass is 10.2. The van der Waals surface area contributed by atoms with Gasteiger partial charge in [0.05, 0.1) is 6.10 Å². The van der Waals surface area contributed by atoms with E-state index >= 15 is 0 Å². The Hall–Kier alpha value is -2.15. The molecule has 0 saturated carbocycles. The molecule has 1 atom stereocenters. The van der Waals surface area contributed by atoms with E-state index in [-0.39, 0.29) is 37.5 Å². The molecule has 1 aromatic rings. The smallest absolute Gasteiger partial charge is 0.317 e. The van der Waals surface area contributed by atoms with Crippen molar-refractivity contribution in [3.63, 3.8) is 0 Å². The number of aliphatic carboxylic acids is 1. The summed E-state index contributed by atoms with van der Waals surface area (Å²) in [7, 11) is 0. The maximum absolute atomic E-state index is 13.3. The van der Waals surface area contributed by atoms with Crippen LogP contribution >= 0.6 is 0 Å². The van der Waals surface area contributed by atoms with E-state index in [9.17, 15) is 14.0 Å². The molecule has 24 heavy (non-hydrogen) atoms. The van der Waals surface area contributed by atoms with Gasteiger partial charge < -0.3 is 20.1 Å². The fourth-order valence-corrected chi connectivity index (χ4v) is 2.66. The average molecular weight is 338 g/mol. The van der Waals surface area contributed by atoms with E-state index in [4.69, 9.17) is 9.84 Å². The molecule has 1 aliphatic rings. The molecule has 1 heterocycles. The number of hydrogen-bond acceptors (Lipinski definition) is 3. The number of carboxylic acids is 1. The molecule has 1 aliphatic heterocycles. The van der Waals surface area contributed by atoms with Gasteiger partial charge in [0.15, 0.2) is 0 Å². The molecule has 0 aliphatic carbocycles. The van der Waals surface area contributed by atoms with Crippen LogP contribution in [0.3, 0.4) is 0 Å². The minimum atomic E-state index is -0.889. The van der Waals surface area contributed by atoms with E-state index < -0.39 is 5.97 Å². The number of rotatable bonds is 8. The summed E-state index contributed by atoms with van der Waals surface area (Å²) in [5.41, 5.74) is 0.702. The number of amides is 2. The number of nitrogens with zero attached hydrogens (tertiary/aromatic N) is 1. The van der Waals surface area contributed by atoms with E-state index in [1.54, 1.807) is 17.0 Å². The molecule has 7 heteroatoms. The minimum absolute atomic E-state index is 0.00983. The molecule has 132 valence electrons. The molecule has 1 aromatic carbocycles. The van der Waals surface area contributed by atoms with Gasteiger partial charge in [0, 0.05) is 32.7 Å². The Balaban J connectivity index is 1.93. The van der Waals surface area contributed by atoms with Crippen molar-refractivity contribution in [3.8, 4) is 0 Å². The lowest BCUT2D eigenvalue weighted by Crippen LogP contribution is -2.43. The van der Waals surface area contributed by atoms with Crippen LogP contribution < -0.4 is 5.32 Å². The first-order chi connectivity index (χ1) is 11.5. The molecule has 0 aromatic heterocycles. The zero-order valence-corrected chi connectivity index (χ0v) is 13.5. The highest BCUT2D eigenvalue weighted by Gasteiger charge is 2.22. The van der Waals surface area contributed by atoms with Crippen molar-refractivity contribution in [1.29, 1.82) is 0 Å². The van der Waals surface area contributed by atoms with Crippen LogP contribution in [-0.2, 0) is 16.1 Å². The number of urea groups is 1. The second-order valence-electron chi connectivity index (χ2n) is 5.87. The number of ether oxygens (including phenoxy) is 1. The summed E-state index contributed by atoms with van der Waals surface area (Å²) >= 11 is 0. The molecule has 6 nitrogen and oxygen atoms in total. The normalized spacial score (nSPS) is 16.8. The van der Waals surface area contributed by atoms with E-state index in [1.165, 1.54) is 12.1 Å². The third kappa shape index (κ3) is 6.16. The largest absolute Gasteiger partial charge is 0.481 e. The Kier molecular flexibility index (Phi) is 6.99. The number of carboxylic acid groups (broad SMARTS) is 1. The first kappa shape index (κ1) is 18.2. The molecular weight excluding hydrogens is 315 g/mol. The first-order valence-electron chi connectivity index (χ1n) is 8.15. The summed E-state index contributed by atoms with van der Waals surface area (Å²) in [5.74, 6) is -1.23. The van der Waals surface area contributed by atoms with E-state index in [0.717, 1.165) is 12.8 Å². The molecule has 1 saturated heterocycles. The lowest BCUT2D eigenvalue weighted by molar-refractivity contribution is -0.137. The van der Waals surface area contributed by atoms with Crippen LogP contribution in [0.4, 0.5) is 9.18 Å². The molecule has 0 bridgehead atoms. The van der Waals surface area contributed by atoms with Crippen LogP contribution in [0.5, 0.6) is 0 Å². The van der Waals surface area contributed by atoms with Crippen LogP contribution in [0.1, 0.15) is 31.2 Å². The number of carbonyl (C=O) groups is 2. The fraction of sp³-hybridized carbons (Fsp3) is 0.529. The van der Waals surface area contributed by atoms with Crippen molar-refractivity contribution in [3.05, 3.63) is 35.6 Å². The van der Waals surface area contributed by atoms with Crippen molar-refractivity contribution in [2.75, 3.05) is 19.7 Å². The van der Waals surface area contributed by atoms with Crippen LogP contribution in [0.15, 0.2) is 24.3 Å². The summed E-state index contributed by atoms with van der Waals surface area (Å²) in [5, 5.41) is 11.3. The monoisotopic (exact) mass is 338 g/mol. The van der Waals surface area contributed by atoms with Crippen LogP contribution in [0.2, 0.25) is 0 Å². The van der Waals surface area contributed by atoms with Crippen molar-refractivity contribution in [1.82, 2.24) is 10.2 Å². The summed E-state index contributed by atoms with van der Waals surface area (Å²) in [6, 6.07) is 5.85. The standard InChI is InChI=1S/C17H23FN2O4/c18-14-5-1-4-13(10-14)11-20(12-15-6-3-9-24-15)17(23)19-8-2-7-16(21)22/h1,4-5,10,15H,2-3,6-9,11-12H2,(H,19,23)(H,21,22). The first-order valence-corrected chi connectivity index (χ1v) is 8.15. The second kappa shape index (κ2) is 9.22. The maximum atomic E-state index is 13.3. The Morgan fingerprint density at radius 1 is 1.42 bits per heavy atom. The van der Waals surface area contributed by atoms with Gasteiger partial charge in [-0.3, -0.25) is 4.79 Å². The van der Waals surface area contributed by atoms with Gasteiger partial charge in [0.2, 0.25) is 0 Å². The molecule has 1 fully saturated rings. The van der Waals surface area contributed by atoms with Crippen LogP contribution in [0.25, 0.3) is 0 Å². The van der Waals surface area contributed by atoms with Gasteiger partial charge in [-0.05, 0) is 37.0 Å². The van der Waals surface area contributed by atoms with Crippen molar-refractivity contribution in [2.24, 2.45) is 0 Å². The Morgan fingerprint density at radius 3 is 2.92 bits per heavy atom. The van der Waals surface area contributed by atoms with Gasteiger partial charge in [0.1, 0.15) is 5.82 Å². The maximum Gasteiger partial charge on any atom is 0.317 e. The zero-order valence-electron chi connectivity index (χ0n) is 13.5. The SMILES string of the molecule is O=C(O)CCCNC(=O)N(Cc1cccc(F)c1)CC1CCCO1. The van der Waals surface area contributed by atoms with Crippen LogP contribution in [-0.4, -0.2) is 47.8 Å². The zero-order chi connectivity index (χ0) is 17.4. The van der Waals surface area contributed by atoms with Crippen molar-refractivity contribution >= 4 is 12.0 Å². The third-order valence-corrected chi connectivity index (χ3v) is 3.84. The predicted octanol–water partition coefficient (Wildman–Crippen LogP) is 2.38. The third-order valence-electron chi connectivity index (χ3n) is 3.84. The summed E-state index contributed by atoms with van der Waals surface area (Å²) < 4.78 is 18.9. The molecule has 2 amide bonds. The quantitative estimate of drug-likeness (QED) is 0.713. The summed E-state index contributed by atoms with van der Waals surface area (Å²) in [4.78, 5) is 24.5.